The Labute approximate surface area is 258 Å². The summed E-state index contributed by atoms with van der Waals surface area (Å²) in [5, 5.41) is 7.80. The summed E-state index contributed by atoms with van der Waals surface area (Å²) in [6.45, 7) is 8.33. The van der Waals surface area contributed by atoms with Gasteiger partial charge in [-0.2, -0.15) is 0 Å². The number of rotatable bonds is 6. The topological polar surface area (TPSA) is 181 Å². The second-order valence-corrected chi connectivity index (χ2v) is 10.3. The average molecular weight is 636 g/mol. The van der Waals surface area contributed by atoms with E-state index in [2.05, 4.69) is 52.8 Å². The van der Waals surface area contributed by atoms with Crippen LogP contribution in [0.2, 0.25) is 0 Å². The van der Waals surface area contributed by atoms with Crippen molar-refractivity contribution in [1.82, 2.24) is 14.9 Å². The number of amidine groups is 2. The van der Waals surface area contributed by atoms with Crippen LogP contribution in [0.5, 0.6) is 0 Å². The van der Waals surface area contributed by atoms with Gasteiger partial charge in [0.1, 0.15) is 0 Å². The zero-order valence-corrected chi connectivity index (χ0v) is 25.2. The minimum absolute atomic E-state index is 0. The molecule has 2 N–H and O–H groups in total. The molecule has 0 saturated heterocycles. The Morgan fingerprint density at radius 2 is 1.12 bits per heavy atom. The summed E-state index contributed by atoms with van der Waals surface area (Å²) >= 11 is 0. The average Bonchev–Trinajstić information content (AvgIpc) is 2.94. The monoisotopic (exact) mass is 634 g/mol. The van der Waals surface area contributed by atoms with Crippen LogP contribution in [-0.4, -0.2) is 32.1 Å². The maximum absolute atomic E-state index is 8.49. The van der Waals surface area contributed by atoms with Gasteiger partial charge in [-0.25, -0.2) is 18.6 Å². The maximum atomic E-state index is 8.49. The molecule has 2 heterocycles. The van der Waals surface area contributed by atoms with E-state index in [0.717, 1.165) is 24.5 Å². The van der Waals surface area contributed by atoms with E-state index in [1.807, 2.05) is 97.3 Å². The number of nitrogens with zero attached hydrogens (tertiary/aromatic N) is 4. The first kappa shape index (κ1) is 36.5. The number of aliphatic imine (C=N–C) groups is 1. The molecule has 224 valence electrons. The number of halogens is 1. The first-order chi connectivity index (χ1) is 19.3. The second-order valence-electron chi connectivity index (χ2n) is 9.59. The van der Waals surface area contributed by atoms with Gasteiger partial charge in [0.25, 0.3) is 0 Å². The van der Waals surface area contributed by atoms with Gasteiger partial charge in [0.05, 0.1) is 11.4 Å². The van der Waals surface area contributed by atoms with Crippen LogP contribution in [0.3, 0.4) is 0 Å². The van der Waals surface area contributed by atoms with Crippen LogP contribution in [0.1, 0.15) is 43.3 Å². The van der Waals surface area contributed by atoms with Crippen molar-refractivity contribution in [3.05, 3.63) is 138 Å². The summed E-state index contributed by atoms with van der Waals surface area (Å²) in [5.74, 6) is 0.221. The predicted molar refractivity (Wildman–Crippen MR) is 148 cm³/mol. The second kappa shape index (κ2) is 18.1. The van der Waals surface area contributed by atoms with Gasteiger partial charge in [-0.1, -0.05) is 78.6 Å². The van der Waals surface area contributed by atoms with E-state index in [9.17, 15) is 0 Å². The van der Waals surface area contributed by atoms with Crippen LogP contribution >= 0.6 is 0 Å². The molecule has 42 heavy (non-hydrogen) atoms. The molecule has 2 aromatic heterocycles. The standard InChI is InChI=1S/C16H21N3.C14H12N3.ClHO4.Ni/c1-16(2,3)19(12-14-8-4-6-10-17-14)13-15-9-5-7-11-18-15;15-13(11-7-3-1-4-8-11)17-14(16)12-9-5-2-6-10-12;2-1(3,4)5;/h4-11H,12-13H2,1-3H3;1-10H,(H2-,15,16,17);(H,2,3,4,5);/q;-1;;+2/p-1. The van der Waals surface area contributed by atoms with Crippen molar-refractivity contribution in [2.24, 2.45) is 4.99 Å². The molecule has 10 nitrogen and oxygen atoms in total. The molecule has 0 spiro atoms. The van der Waals surface area contributed by atoms with Gasteiger partial charge in [0, 0.05) is 36.9 Å². The third-order valence-electron chi connectivity index (χ3n) is 5.42. The number of hydrogen-bond acceptors (Lipinski definition) is 8. The fraction of sp³-hybridized carbons (Fsp3) is 0.200. The quantitative estimate of drug-likeness (QED) is 0.191. The van der Waals surface area contributed by atoms with Crippen LogP contribution in [-0.2, 0) is 29.6 Å². The SMILES string of the molecule is CC(C)(C)N(Cc1ccccn1)Cc1ccccn1.N=C(N=C([NH-])c1ccccc1)c1ccccc1.[Ni+2].[O-][Cl+3]([O-])([O-])[O-]. The molecule has 0 radical (unpaired) electrons. The fourth-order valence-corrected chi connectivity index (χ4v) is 3.34. The van der Waals surface area contributed by atoms with E-state index < -0.39 is 10.2 Å². The van der Waals surface area contributed by atoms with Crippen molar-refractivity contribution in [2.75, 3.05) is 0 Å². The third-order valence-corrected chi connectivity index (χ3v) is 5.42. The molecule has 0 unspecified atom stereocenters. The fourth-order valence-electron chi connectivity index (χ4n) is 3.34. The number of benzene rings is 2. The Hall–Kier alpha value is -3.54. The minimum Gasteiger partial charge on any atom is -0.482 e. The molecule has 0 saturated carbocycles. The van der Waals surface area contributed by atoms with Gasteiger partial charge in [0.15, 0.2) is 0 Å². The Morgan fingerprint density at radius 1 is 0.738 bits per heavy atom. The number of hydrogen-bond donors (Lipinski definition) is 1. The van der Waals surface area contributed by atoms with E-state index >= 15 is 0 Å². The van der Waals surface area contributed by atoms with Crippen molar-refractivity contribution in [1.29, 1.82) is 5.41 Å². The normalized spacial score (nSPS) is 11.3. The van der Waals surface area contributed by atoms with Crippen molar-refractivity contribution in [3.63, 3.8) is 0 Å². The molecule has 0 aliphatic rings. The summed E-state index contributed by atoms with van der Waals surface area (Å²) in [4.78, 5) is 15.2. The molecular weight excluding hydrogens is 603 g/mol. The number of aromatic nitrogens is 2. The van der Waals surface area contributed by atoms with Gasteiger partial charge < -0.3 is 16.1 Å². The van der Waals surface area contributed by atoms with Crippen LogP contribution in [0.25, 0.3) is 5.73 Å². The summed E-state index contributed by atoms with van der Waals surface area (Å²) in [5.41, 5.74) is 11.5. The minimum atomic E-state index is -4.94. The molecular formula is C30H33ClN6NiO4. The molecule has 0 amide bonds. The summed E-state index contributed by atoms with van der Waals surface area (Å²) < 4.78 is 34.0. The smallest absolute Gasteiger partial charge is 0.482 e. The van der Waals surface area contributed by atoms with E-state index in [0.29, 0.717) is 11.1 Å². The van der Waals surface area contributed by atoms with Crippen molar-refractivity contribution >= 4 is 11.7 Å². The molecule has 0 bridgehead atoms. The Morgan fingerprint density at radius 3 is 1.48 bits per heavy atom. The Bertz CT molecular complexity index is 1290. The molecule has 4 rings (SSSR count). The first-order valence-electron chi connectivity index (χ1n) is 12.5. The van der Waals surface area contributed by atoms with E-state index in [-0.39, 0.29) is 33.7 Å². The summed E-state index contributed by atoms with van der Waals surface area (Å²) in [6, 6.07) is 30.5. The zero-order chi connectivity index (χ0) is 30.3. The molecule has 2 aromatic carbocycles. The van der Waals surface area contributed by atoms with E-state index in [4.69, 9.17) is 29.8 Å². The number of nitrogens with one attached hydrogen (secondary N) is 2. The van der Waals surface area contributed by atoms with Crippen molar-refractivity contribution in [3.8, 4) is 0 Å². The van der Waals surface area contributed by atoms with Crippen molar-refractivity contribution < 1.29 is 45.4 Å². The molecule has 0 atom stereocenters. The van der Waals surface area contributed by atoms with E-state index in [1.54, 1.807) is 0 Å². The predicted octanol–water partition coefficient (Wildman–Crippen LogP) is 2.03. The van der Waals surface area contributed by atoms with Gasteiger partial charge in [0.2, 0.25) is 0 Å². The van der Waals surface area contributed by atoms with Gasteiger partial charge >= 0.3 is 16.5 Å². The summed E-state index contributed by atoms with van der Waals surface area (Å²) in [7, 11) is -4.94. The largest absolute Gasteiger partial charge is 2.00 e. The molecule has 0 aliphatic heterocycles. The molecule has 0 aliphatic carbocycles. The van der Waals surface area contributed by atoms with Crippen LogP contribution < -0.4 is 18.6 Å². The van der Waals surface area contributed by atoms with Gasteiger partial charge in [-0.05, 0) is 56.2 Å². The Balaban J connectivity index is 0.000000357. The van der Waals surface area contributed by atoms with Crippen molar-refractivity contribution in [2.45, 2.75) is 39.4 Å². The molecule has 0 fully saturated rings. The maximum Gasteiger partial charge on any atom is 2.00 e. The van der Waals surface area contributed by atoms with Gasteiger partial charge in [-0.3, -0.25) is 14.9 Å². The Kier molecular flexibility index (Phi) is 15.7. The molecule has 12 heteroatoms. The van der Waals surface area contributed by atoms with Crippen LogP contribution in [0.15, 0.2) is 114 Å². The van der Waals surface area contributed by atoms with Crippen LogP contribution in [0.4, 0.5) is 0 Å². The van der Waals surface area contributed by atoms with E-state index in [1.165, 1.54) is 0 Å². The molecule has 4 aromatic rings. The van der Waals surface area contributed by atoms with Gasteiger partial charge in [-0.15, -0.1) is 10.2 Å². The van der Waals surface area contributed by atoms with Crippen LogP contribution in [0, 0.1) is 15.7 Å². The number of pyridine rings is 2. The summed E-state index contributed by atoms with van der Waals surface area (Å²) in [6.07, 6.45) is 3.69. The third kappa shape index (κ3) is 15.5. The first-order valence-corrected chi connectivity index (χ1v) is 13.7. The zero-order valence-electron chi connectivity index (χ0n) is 23.4.